The van der Waals surface area contributed by atoms with Crippen LogP contribution in [-0.2, 0) is 11.3 Å². The van der Waals surface area contributed by atoms with Crippen LogP contribution < -0.4 is 20.3 Å². The molecule has 1 amide bonds. The summed E-state index contributed by atoms with van der Waals surface area (Å²) in [4.78, 5) is 25.0. The standard InChI is InChI=1S/C23H24N4O4/c1-26(16-17-8-4-3-5-9-17)21-11-7-6-10-19(21)24-15-23(28)25-20-13-12-18(27(29)30)14-22(20)31-2/h3-14,24H,15-16H2,1-2H3,(H,25,28). The highest BCUT2D eigenvalue weighted by molar-refractivity contribution is 5.95. The van der Waals surface area contributed by atoms with E-state index < -0.39 is 4.92 Å². The predicted molar refractivity (Wildman–Crippen MR) is 122 cm³/mol. The molecule has 31 heavy (non-hydrogen) atoms. The third kappa shape index (κ3) is 5.72. The van der Waals surface area contributed by atoms with Gasteiger partial charge in [0.1, 0.15) is 5.75 Å². The van der Waals surface area contributed by atoms with Crippen LogP contribution in [0.1, 0.15) is 5.56 Å². The quantitative estimate of drug-likeness (QED) is 0.396. The van der Waals surface area contributed by atoms with E-state index in [1.54, 1.807) is 0 Å². The van der Waals surface area contributed by atoms with E-state index in [-0.39, 0.29) is 23.9 Å². The molecular weight excluding hydrogens is 396 g/mol. The van der Waals surface area contributed by atoms with Crippen molar-refractivity contribution in [2.24, 2.45) is 0 Å². The molecule has 0 saturated carbocycles. The lowest BCUT2D eigenvalue weighted by atomic mass is 10.2. The molecule has 0 unspecified atom stereocenters. The van der Waals surface area contributed by atoms with Crippen molar-refractivity contribution >= 4 is 28.7 Å². The van der Waals surface area contributed by atoms with Crippen molar-refractivity contribution in [2.75, 3.05) is 36.2 Å². The third-order valence-corrected chi connectivity index (χ3v) is 4.69. The van der Waals surface area contributed by atoms with Crippen LogP contribution in [0.25, 0.3) is 0 Å². The van der Waals surface area contributed by atoms with Gasteiger partial charge in [-0.2, -0.15) is 0 Å². The monoisotopic (exact) mass is 420 g/mol. The Hall–Kier alpha value is -4.07. The first-order valence-corrected chi connectivity index (χ1v) is 9.68. The van der Waals surface area contributed by atoms with E-state index in [1.165, 1.54) is 30.9 Å². The molecule has 0 radical (unpaired) electrons. The second-order valence-electron chi connectivity index (χ2n) is 6.90. The molecule has 0 spiro atoms. The van der Waals surface area contributed by atoms with Crippen LogP contribution in [0.5, 0.6) is 5.75 Å². The van der Waals surface area contributed by atoms with Crippen molar-refractivity contribution in [1.29, 1.82) is 0 Å². The lowest BCUT2D eigenvalue weighted by Crippen LogP contribution is -2.24. The van der Waals surface area contributed by atoms with Crippen molar-refractivity contribution in [3.63, 3.8) is 0 Å². The second kappa shape index (κ2) is 10.1. The lowest BCUT2D eigenvalue weighted by molar-refractivity contribution is -0.384. The number of amides is 1. The maximum Gasteiger partial charge on any atom is 0.273 e. The Morgan fingerprint density at radius 1 is 1.03 bits per heavy atom. The number of nitrogens with one attached hydrogen (secondary N) is 2. The number of non-ortho nitro benzene ring substituents is 1. The van der Waals surface area contributed by atoms with Crippen LogP contribution in [0, 0.1) is 10.1 Å². The molecule has 0 fully saturated rings. The zero-order chi connectivity index (χ0) is 22.2. The molecule has 8 heteroatoms. The fourth-order valence-electron chi connectivity index (χ4n) is 3.17. The summed E-state index contributed by atoms with van der Waals surface area (Å²) >= 11 is 0. The lowest BCUT2D eigenvalue weighted by Gasteiger charge is -2.23. The average molecular weight is 420 g/mol. The highest BCUT2D eigenvalue weighted by Crippen LogP contribution is 2.29. The summed E-state index contributed by atoms with van der Waals surface area (Å²) in [6, 6.07) is 21.9. The smallest absolute Gasteiger partial charge is 0.273 e. The molecule has 0 saturated heterocycles. The van der Waals surface area contributed by atoms with E-state index in [4.69, 9.17) is 4.74 Å². The third-order valence-electron chi connectivity index (χ3n) is 4.69. The second-order valence-corrected chi connectivity index (χ2v) is 6.90. The van der Waals surface area contributed by atoms with Gasteiger partial charge in [-0.25, -0.2) is 0 Å². The number of benzene rings is 3. The van der Waals surface area contributed by atoms with Gasteiger partial charge in [-0.1, -0.05) is 42.5 Å². The number of para-hydroxylation sites is 2. The molecule has 3 aromatic carbocycles. The normalized spacial score (nSPS) is 10.3. The molecule has 3 rings (SSSR count). The Morgan fingerprint density at radius 2 is 1.74 bits per heavy atom. The summed E-state index contributed by atoms with van der Waals surface area (Å²) in [6.07, 6.45) is 0. The van der Waals surface area contributed by atoms with Crippen molar-refractivity contribution in [3.05, 3.63) is 88.5 Å². The number of hydrogen-bond acceptors (Lipinski definition) is 6. The van der Waals surface area contributed by atoms with E-state index in [1.807, 2.05) is 49.5 Å². The molecule has 0 aliphatic heterocycles. The summed E-state index contributed by atoms with van der Waals surface area (Å²) in [5, 5.41) is 16.8. The highest BCUT2D eigenvalue weighted by Gasteiger charge is 2.14. The SMILES string of the molecule is COc1cc([N+](=O)[O-])ccc1NC(=O)CNc1ccccc1N(C)Cc1ccccc1. The van der Waals surface area contributed by atoms with Gasteiger partial charge >= 0.3 is 0 Å². The molecule has 160 valence electrons. The molecule has 0 heterocycles. The number of anilines is 3. The summed E-state index contributed by atoms with van der Waals surface area (Å²) in [5.74, 6) is -0.0711. The van der Waals surface area contributed by atoms with Gasteiger partial charge in [-0.05, 0) is 23.8 Å². The van der Waals surface area contributed by atoms with Gasteiger partial charge < -0.3 is 20.3 Å². The van der Waals surface area contributed by atoms with E-state index in [9.17, 15) is 14.9 Å². The summed E-state index contributed by atoms with van der Waals surface area (Å²) < 4.78 is 5.16. The zero-order valence-corrected chi connectivity index (χ0v) is 17.4. The van der Waals surface area contributed by atoms with Crippen molar-refractivity contribution in [1.82, 2.24) is 0 Å². The van der Waals surface area contributed by atoms with Gasteiger partial charge in [0, 0.05) is 19.7 Å². The molecule has 8 nitrogen and oxygen atoms in total. The van der Waals surface area contributed by atoms with Gasteiger partial charge in [-0.15, -0.1) is 0 Å². The van der Waals surface area contributed by atoms with E-state index in [0.29, 0.717) is 5.69 Å². The number of nitrogens with zero attached hydrogens (tertiary/aromatic N) is 2. The Kier molecular flexibility index (Phi) is 7.05. The van der Waals surface area contributed by atoms with Crippen LogP contribution in [0.4, 0.5) is 22.7 Å². The molecule has 0 aliphatic rings. The minimum absolute atomic E-state index is 0.0241. The van der Waals surface area contributed by atoms with Gasteiger partial charge in [-0.3, -0.25) is 14.9 Å². The first-order chi connectivity index (χ1) is 15.0. The van der Waals surface area contributed by atoms with Crippen LogP contribution in [0.15, 0.2) is 72.8 Å². The van der Waals surface area contributed by atoms with Gasteiger partial charge in [0.25, 0.3) is 5.69 Å². The Labute approximate surface area is 180 Å². The summed E-state index contributed by atoms with van der Waals surface area (Å²) in [7, 11) is 3.39. The van der Waals surface area contributed by atoms with Crippen LogP contribution >= 0.6 is 0 Å². The Balaban J connectivity index is 1.65. The van der Waals surface area contributed by atoms with Gasteiger partial charge in [0.2, 0.25) is 5.91 Å². The number of rotatable bonds is 9. The number of nitro benzene ring substituents is 1. The molecular formula is C23H24N4O4. The minimum atomic E-state index is -0.515. The molecule has 0 aromatic heterocycles. The average Bonchev–Trinajstić information content (AvgIpc) is 2.78. The van der Waals surface area contributed by atoms with Crippen LogP contribution in [0.2, 0.25) is 0 Å². The number of carbonyl (C=O) groups excluding carboxylic acids is 1. The Morgan fingerprint density at radius 3 is 2.45 bits per heavy atom. The first kappa shape index (κ1) is 21.6. The number of carbonyl (C=O) groups is 1. The van der Waals surface area contributed by atoms with Crippen LogP contribution in [-0.4, -0.2) is 31.5 Å². The van der Waals surface area contributed by atoms with E-state index in [0.717, 1.165) is 17.9 Å². The number of hydrogen-bond donors (Lipinski definition) is 2. The van der Waals surface area contributed by atoms with Crippen molar-refractivity contribution in [3.8, 4) is 5.75 Å². The van der Waals surface area contributed by atoms with Crippen molar-refractivity contribution in [2.45, 2.75) is 6.54 Å². The van der Waals surface area contributed by atoms with Crippen molar-refractivity contribution < 1.29 is 14.5 Å². The summed E-state index contributed by atoms with van der Waals surface area (Å²) in [5.41, 5.74) is 3.24. The predicted octanol–water partition coefficient (Wildman–Crippen LogP) is 4.29. The topological polar surface area (TPSA) is 96.7 Å². The van der Waals surface area contributed by atoms with Gasteiger partial charge in [0.05, 0.1) is 41.7 Å². The largest absolute Gasteiger partial charge is 0.494 e. The molecule has 0 aliphatic carbocycles. The Bertz CT molecular complexity index is 1060. The zero-order valence-electron chi connectivity index (χ0n) is 17.4. The first-order valence-electron chi connectivity index (χ1n) is 9.68. The number of ether oxygens (including phenoxy) is 1. The fraction of sp³-hybridized carbons (Fsp3) is 0.174. The molecule has 0 atom stereocenters. The molecule has 3 aromatic rings. The van der Waals surface area contributed by atoms with Crippen LogP contribution in [0.3, 0.4) is 0 Å². The maximum atomic E-state index is 12.5. The maximum absolute atomic E-state index is 12.5. The number of methoxy groups -OCH3 is 1. The van der Waals surface area contributed by atoms with Gasteiger partial charge in [0.15, 0.2) is 0 Å². The molecule has 2 N–H and O–H groups in total. The van der Waals surface area contributed by atoms with E-state index >= 15 is 0 Å². The summed E-state index contributed by atoms with van der Waals surface area (Å²) in [6.45, 7) is 0.752. The molecule has 0 bridgehead atoms. The fourth-order valence-corrected chi connectivity index (χ4v) is 3.17. The highest BCUT2D eigenvalue weighted by atomic mass is 16.6. The van der Waals surface area contributed by atoms with E-state index in [2.05, 4.69) is 27.7 Å². The minimum Gasteiger partial charge on any atom is -0.494 e. The number of nitro groups is 1.